The highest BCUT2D eigenvalue weighted by molar-refractivity contribution is 5.70. The number of aliphatic hydroxyl groups is 1. The molecule has 3 aromatic rings. The zero-order valence-corrected chi connectivity index (χ0v) is 19.5. The molecule has 0 fully saturated rings. The van der Waals surface area contributed by atoms with Crippen LogP contribution in [0.15, 0.2) is 36.7 Å². The third-order valence-electron chi connectivity index (χ3n) is 5.99. The number of aromatic nitrogens is 3. The summed E-state index contributed by atoms with van der Waals surface area (Å²) in [6.07, 6.45) is -0.840. The van der Waals surface area contributed by atoms with Gasteiger partial charge < -0.3 is 19.7 Å². The molecule has 0 bridgehead atoms. The highest BCUT2D eigenvalue weighted by atomic mass is 19.3. The van der Waals surface area contributed by atoms with E-state index >= 15 is 0 Å². The molecule has 2 N–H and O–H groups in total. The number of carbonyl (C=O) groups is 1. The smallest absolute Gasteiger partial charge is 0.309 e. The molecule has 0 saturated carbocycles. The Morgan fingerprint density at radius 1 is 1.25 bits per heavy atom. The van der Waals surface area contributed by atoms with E-state index in [1.807, 2.05) is 0 Å². The lowest BCUT2D eigenvalue weighted by Crippen LogP contribution is -2.20. The maximum atomic E-state index is 14.4. The number of nitrogens with zero attached hydrogens (tertiary/aromatic N) is 3. The van der Waals surface area contributed by atoms with Gasteiger partial charge in [0.2, 0.25) is 5.88 Å². The Morgan fingerprint density at radius 2 is 2.03 bits per heavy atom. The van der Waals surface area contributed by atoms with E-state index in [0.29, 0.717) is 35.5 Å². The Labute approximate surface area is 204 Å². The van der Waals surface area contributed by atoms with Crippen LogP contribution in [0.1, 0.15) is 48.1 Å². The number of aliphatic hydroxyl groups excluding tert-OH is 1. The number of ether oxygens (including phenoxy) is 2. The maximum absolute atomic E-state index is 14.4. The van der Waals surface area contributed by atoms with E-state index in [2.05, 4.69) is 15.0 Å². The van der Waals surface area contributed by atoms with Crippen molar-refractivity contribution >= 4 is 5.97 Å². The van der Waals surface area contributed by atoms with Crippen molar-refractivity contribution in [3.63, 3.8) is 0 Å². The van der Waals surface area contributed by atoms with Crippen molar-refractivity contribution < 1.29 is 37.7 Å². The van der Waals surface area contributed by atoms with Crippen LogP contribution in [0.2, 0.25) is 0 Å². The van der Waals surface area contributed by atoms with E-state index in [4.69, 9.17) is 9.47 Å². The lowest BCUT2D eigenvalue weighted by molar-refractivity contribution is -0.145. The first-order chi connectivity index (χ1) is 17.1. The molecule has 11 heteroatoms. The molecule has 4 rings (SSSR count). The Kier molecular flexibility index (Phi) is 7.39. The summed E-state index contributed by atoms with van der Waals surface area (Å²) in [5, 5.41) is 19.6. The van der Waals surface area contributed by atoms with Gasteiger partial charge in [-0.1, -0.05) is 12.1 Å². The van der Waals surface area contributed by atoms with Gasteiger partial charge in [-0.2, -0.15) is 0 Å². The van der Waals surface area contributed by atoms with Crippen molar-refractivity contribution in [2.75, 3.05) is 6.61 Å². The predicted octanol–water partition coefficient (Wildman–Crippen LogP) is 4.45. The van der Waals surface area contributed by atoms with Gasteiger partial charge in [0.25, 0.3) is 6.43 Å². The fourth-order valence-corrected chi connectivity index (χ4v) is 3.97. The van der Waals surface area contributed by atoms with E-state index in [-0.39, 0.29) is 17.1 Å². The van der Waals surface area contributed by atoms with Gasteiger partial charge >= 0.3 is 5.97 Å². The Bertz CT molecular complexity index is 1270. The summed E-state index contributed by atoms with van der Waals surface area (Å²) in [5.74, 6) is -2.43. The van der Waals surface area contributed by atoms with Crippen LogP contribution in [0.4, 0.5) is 13.2 Å². The Morgan fingerprint density at radius 3 is 2.72 bits per heavy atom. The Hall–Kier alpha value is -3.73. The second-order valence-electron chi connectivity index (χ2n) is 8.51. The molecule has 1 unspecified atom stereocenters. The van der Waals surface area contributed by atoms with E-state index in [1.54, 1.807) is 25.1 Å². The summed E-state index contributed by atoms with van der Waals surface area (Å²) in [5.41, 5.74) is 2.57. The van der Waals surface area contributed by atoms with Crippen molar-refractivity contribution in [1.82, 2.24) is 15.0 Å². The highest BCUT2D eigenvalue weighted by Crippen LogP contribution is 2.38. The molecule has 0 spiro atoms. The predicted molar refractivity (Wildman–Crippen MR) is 121 cm³/mol. The number of benzene rings is 1. The fraction of sp³-hybridized carbons (Fsp3) is 0.360. The monoisotopic (exact) mass is 503 g/mol. The van der Waals surface area contributed by atoms with Crippen LogP contribution < -0.4 is 9.47 Å². The number of pyridine rings is 1. The number of hydrogen-bond acceptors (Lipinski definition) is 7. The van der Waals surface area contributed by atoms with Crippen molar-refractivity contribution in [2.45, 2.75) is 45.3 Å². The molecule has 1 aromatic carbocycles. The molecule has 1 aliphatic rings. The van der Waals surface area contributed by atoms with Gasteiger partial charge in [0.15, 0.2) is 12.4 Å². The SMILES string of the molecule is Cc1nc(-c2cc(OCC(F)F)ncc2F)cnc1C1CCc2ccc([C@H](O)[C@H](C)C(=O)O)cc2O1. The van der Waals surface area contributed by atoms with Gasteiger partial charge in [-0.25, -0.2) is 23.1 Å². The van der Waals surface area contributed by atoms with Gasteiger partial charge in [0.05, 0.1) is 35.8 Å². The zero-order valence-electron chi connectivity index (χ0n) is 19.5. The summed E-state index contributed by atoms with van der Waals surface area (Å²) < 4.78 is 50.3. The molecular weight excluding hydrogens is 479 g/mol. The summed E-state index contributed by atoms with van der Waals surface area (Å²) in [6, 6.07) is 6.32. The van der Waals surface area contributed by atoms with Gasteiger partial charge in [0, 0.05) is 11.6 Å². The topological polar surface area (TPSA) is 115 Å². The normalized spacial score (nSPS) is 16.7. The number of hydrogen-bond donors (Lipinski definition) is 2. The number of halogens is 3. The zero-order chi connectivity index (χ0) is 26.0. The molecule has 0 radical (unpaired) electrons. The van der Waals surface area contributed by atoms with Crippen LogP contribution in [0.5, 0.6) is 11.6 Å². The second-order valence-corrected chi connectivity index (χ2v) is 8.51. The first-order valence-electron chi connectivity index (χ1n) is 11.2. The first-order valence-corrected chi connectivity index (χ1v) is 11.2. The second kappa shape index (κ2) is 10.5. The number of alkyl halides is 2. The number of aryl methyl sites for hydroxylation is 2. The summed E-state index contributed by atoms with van der Waals surface area (Å²) in [7, 11) is 0. The van der Waals surface area contributed by atoms with Gasteiger partial charge in [-0.15, -0.1) is 0 Å². The standard InChI is InChI=1S/C25H24F3N3O5/c1-12(25(33)34)24(32)15-4-3-14-5-6-19(36-20(14)7-15)23-13(2)31-18(10-30-23)16-8-22(29-9-17(16)26)35-11-21(27)28/h3-4,7-10,12,19,21,24,32H,5-6,11H2,1-2H3,(H,33,34)/t12-,19?,24+/m0/s1. The summed E-state index contributed by atoms with van der Waals surface area (Å²) in [4.78, 5) is 23.8. The van der Waals surface area contributed by atoms with Crippen molar-refractivity contribution in [3.8, 4) is 22.9 Å². The van der Waals surface area contributed by atoms with Crippen LogP contribution in [0, 0.1) is 18.7 Å². The number of aliphatic carboxylic acids is 1. The molecule has 3 atom stereocenters. The molecule has 190 valence electrons. The molecule has 0 amide bonds. The minimum atomic E-state index is -2.69. The number of carboxylic acids is 1. The largest absolute Gasteiger partial charge is 0.484 e. The summed E-state index contributed by atoms with van der Waals surface area (Å²) in [6.45, 7) is 2.26. The van der Waals surface area contributed by atoms with Crippen LogP contribution in [-0.4, -0.2) is 44.2 Å². The number of carboxylic acid groups (broad SMARTS) is 1. The molecule has 2 aromatic heterocycles. The molecule has 1 aliphatic heterocycles. The summed E-state index contributed by atoms with van der Waals surface area (Å²) >= 11 is 0. The molecule has 36 heavy (non-hydrogen) atoms. The van der Waals surface area contributed by atoms with E-state index in [0.717, 1.165) is 11.8 Å². The van der Waals surface area contributed by atoms with E-state index < -0.39 is 42.9 Å². The van der Waals surface area contributed by atoms with Crippen LogP contribution in [0.3, 0.4) is 0 Å². The van der Waals surface area contributed by atoms with Gasteiger partial charge in [-0.05, 0) is 43.9 Å². The number of rotatable bonds is 8. The number of fused-ring (bicyclic) bond motifs is 1. The maximum Gasteiger partial charge on any atom is 0.309 e. The molecule has 3 heterocycles. The minimum Gasteiger partial charge on any atom is -0.484 e. The molecule has 8 nitrogen and oxygen atoms in total. The average Bonchev–Trinajstić information content (AvgIpc) is 2.86. The Balaban J connectivity index is 1.56. The minimum absolute atomic E-state index is 0.0116. The third-order valence-corrected chi connectivity index (χ3v) is 5.99. The van der Waals surface area contributed by atoms with Crippen molar-refractivity contribution in [1.29, 1.82) is 0 Å². The quantitative estimate of drug-likeness (QED) is 0.464. The first kappa shape index (κ1) is 25.4. The molecular formula is C25H24F3N3O5. The molecule has 0 saturated heterocycles. The van der Waals surface area contributed by atoms with Gasteiger partial charge in [-0.3, -0.25) is 9.78 Å². The van der Waals surface area contributed by atoms with Crippen molar-refractivity contribution in [2.24, 2.45) is 5.92 Å². The van der Waals surface area contributed by atoms with E-state index in [1.165, 1.54) is 19.2 Å². The highest BCUT2D eigenvalue weighted by Gasteiger charge is 2.28. The third kappa shape index (κ3) is 5.40. The van der Waals surface area contributed by atoms with Crippen LogP contribution in [-0.2, 0) is 11.2 Å². The van der Waals surface area contributed by atoms with Crippen LogP contribution in [0.25, 0.3) is 11.3 Å². The van der Waals surface area contributed by atoms with Crippen LogP contribution >= 0.6 is 0 Å². The van der Waals surface area contributed by atoms with Crippen molar-refractivity contribution in [3.05, 3.63) is 65.0 Å². The lowest BCUT2D eigenvalue weighted by atomic mass is 9.93. The van der Waals surface area contributed by atoms with Gasteiger partial charge in [0.1, 0.15) is 17.5 Å². The lowest BCUT2D eigenvalue weighted by Gasteiger charge is -2.27. The van der Waals surface area contributed by atoms with E-state index in [9.17, 15) is 28.2 Å². The fourth-order valence-electron chi connectivity index (χ4n) is 3.97. The average molecular weight is 503 g/mol. The molecule has 0 aliphatic carbocycles.